The molecule has 0 aromatic heterocycles. The van der Waals surface area contributed by atoms with Gasteiger partial charge in [0.2, 0.25) is 5.91 Å². The van der Waals surface area contributed by atoms with Crippen LogP contribution in [0.2, 0.25) is 0 Å². The van der Waals surface area contributed by atoms with E-state index in [0.717, 1.165) is 23.4 Å². The van der Waals surface area contributed by atoms with Gasteiger partial charge < -0.3 is 14.8 Å². The van der Waals surface area contributed by atoms with Gasteiger partial charge >= 0.3 is 6.36 Å². The van der Waals surface area contributed by atoms with Crippen molar-refractivity contribution >= 4 is 23.4 Å². The topological polar surface area (TPSA) is 47.6 Å². The quantitative estimate of drug-likeness (QED) is 0.780. The molecule has 4 nitrogen and oxygen atoms in total. The van der Waals surface area contributed by atoms with Crippen LogP contribution in [0.3, 0.4) is 0 Å². The number of hydrogen-bond donors (Lipinski definition) is 1. The molecule has 2 aromatic rings. The van der Waals surface area contributed by atoms with Gasteiger partial charge in [-0.25, -0.2) is 0 Å². The van der Waals surface area contributed by atoms with Crippen molar-refractivity contribution in [2.24, 2.45) is 0 Å². The normalized spacial score (nSPS) is 11.0. The number of ether oxygens (including phenoxy) is 2. The number of halogens is 3. The molecule has 1 amide bonds. The number of alkyl halides is 3. The summed E-state index contributed by atoms with van der Waals surface area (Å²) in [6, 6.07) is 12.5. The fraction of sp³-hybridized carbons (Fsp3) is 0.235. The van der Waals surface area contributed by atoms with Gasteiger partial charge in [-0.15, -0.1) is 24.9 Å². The molecule has 25 heavy (non-hydrogen) atoms. The van der Waals surface area contributed by atoms with Crippen molar-refractivity contribution in [1.29, 1.82) is 0 Å². The molecule has 0 unspecified atom stereocenters. The molecular weight excluding hydrogens is 355 g/mol. The van der Waals surface area contributed by atoms with Crippen LogP contribution in [0.15, 0.2) is 48.5 Å². The molecule has 0 atom stereocenters. The predicted octanol–water partition coefficient (Wildman–Crippen LogP) is 4.47. The molecule has 0 heterocycles. The number of methoxy groups -OCH3 is 1. The molecular formula is C17H16F3NO3S. The van der Waals surface area contributed by atoms with E-state index in [1.165, 1.54) is 23.9 Å². The lowest BCUT2D eigenvalue weighted by Gasteiger charge is -2.10. The molecule has 2 aromatic carbocycles. The van der Waals surface area contributed by atoms with Crippen LogP contribution in [0, 0.1) is 0 Å². The largest absolute Gasteiger partial charge is 0.573 e. The fourth-order valence-electron chi connectivity index (χ4n) is 1.96. The van der Waals surface area contributed by atoms with Crippen LogP contribution in [-0.4, -0.2) is 25.1 Å². The van der Waals surface area contributed by atoms with Crippen molar-refractivity contribution < 1.29 is 27.4 Å². The van der Waals surface area contributed by atoms with Crippen molar-refractivity contribution in [3.63, 3.8) is 0 Å². The lowest BCUT2D eigenvalue weighted by atomic mass is 10.2. The summed E-state index contributed by atoms with van der Waals surface area (Å²) in [7, 11) is 1.59. The molecule has 0 spiro atoms. The van der Waals surface area contributed by atoms with Gasteiger partial charge in [-0.2, -0.15) is 0 Å². The van der Waals surface area contributed by atoms with Gasteiger partial charge in [-0.05, 0) is 42.0 Å². The third-order valence-corrected chi connectivity index (χ3v) is 4.01. The van der Waals surface area contributed by atoms with Crippen molar-refractivity contribution in [1.82, 2.24) is 0 Å². The van der Waals surface area contributed by atoms with Crippen LogP contribution in [-0.2, 0) is 10.5 Å². The summed E-state index contributed by atoms with van der Waals surface area (Å²) in [5.74, 6) is 1.04. The molecule has 0 saturated heterocycles. The number of benzene rings is 2. The van der Waals surface area contributed by atoms with Crippen LogP contribution in [0.1, 0.15) is 5.56 Å². The van der Waals surface area contributed by atoms with Gasteiger partial charge in [0.15, 0.2) is 0 Å². The zero-order valence-corrected chi connectivity index (χ0v) is 14.1. The first kappa shape index (κ1) is 19.0. The number of anilines is 1. The van der Waals surface area contributed by atoms with E-state index in [1.54, 1.807) is 7.11 Å². The summed E-state index contributed by atoms with van der Waals surface area (Å²) in [6.07, 6.45) is -4.73. The Bertz CT molecular complexity index is 705. The molecule has 134 valence electrons. The first-order valence-corrected chi connectivity index (χ1v) is 8.37. The molecule has 0 aliphatic rings. The Morgan fingerprint density at radius 3 is 2.48 bits per heavy atom. The van der Waals surface area contributed by atoms with E-state index < -0.39 is 6.36 Å². The van der Waals surface area contributed by atoms with Crippen molar-refractivity contribution in [2.75, 3.05) is 18.2 Å². The smallest absolute Gasteiger partial charge is 0.497 e. The highest BCUT2D eigenvalue weighted by Gasteiger charge is 2.30. The monoisotopic (exact) mass is 371 g/mol. The van der Waals surface area contributed by atoms with E-state index in [9.17, 15) is 18.0 Å². The van der Waals surface area contributed by atoms with E-state index in [-0.39, 0.29) is 17.4 Å². The fourth-order valence-corrected chi connectivity index (χ4v) is 2.74. The Morgan fingerprint density at radius 2 is 1.84 bits per heavy atom. The minimum Gasteiger partial charge on any atom is -0.497 e. The standard InChI is InChI=1S/C17H16F3NO3S/c1-23-15-4-2-3-12(9-15)10-25-11-16(22)21-13-5-7-14(8-6-13)24-17(18,19)20/h2-9H,10-11H2,1H3,(H,21,22). The molecule has 0 saturated carbocycles. The Labute approximate surface area is 147 Å². The van der Waals surface area contributed by atoms with Gasteiger partial charge in [0.1, 0.15) is 11.5 Å². The summed E-state index contributed by atoms with van der Waals surface area (Å²) in [4.78, 5) is 11.9. The van der Waals surface area contributed by atoms with Gasteiger partial charge in [0, 0.05) is 11.4 Å². The Morgan fingerprint density at radius 1 is 1.12 bits per heavy atom. The molecule has 0 aliphatic heterocycles. The maximum atomic E-state index is 12.1. The summed E-state index contributed by atoms with van der Waals surface area (Å²) in [5.41, 5.74) is 1.44. The molecule has 0 bridgehead atoms. The number of rotatable bonds is 7. The van der Waals surface area contributed by atoms with E-state index in [4.69, 9.17) is 4.74 Å². The Kier molecular flexibility index (Phi) is 6.58. The lowest BCUT2D eigenvalue weighted by Crippen LogP contribution is -2.17. The van der Waals surface area contributed by atoms with Crippen molar-refractivity contribution in [2.45, 2.75) is 12.1 Å². The van der Waals surface area contributed by atoms with Gasteiger partial charge in [0.25, 0.3) is 0 Å². The molecule has 0 fully saturated rings. The van der Waals surface area contributed by atoms with Crippen LogP contribution < -0.4 is 14.8 Å². The Balaban J connectivity index is 1.78. The second-order valence-electron chi connectivity index (χ2n) is 4.96. The van der Waals surface area contributed by atoms with Crippen LogP contribution >= 0.6 is 11.8 Å². The average molecular weight is 371 g/mol. The molecule has 2 rings (SSSR count). The lowest BCUT2D eigenvalue weighted by molar-refractivity contribution is -0.274. The predicted molar refractivity (Wildman–Crippen MR) is 90.9 cm³/mol. The molecule has 0 radical (unpaired) electrons. The summed E-state index contributed by atoms with van der Waals surface area (Å²) < 4.78 is 45.1. The third kappa shape index (κ3) is 6.96. The first-order chi connectivity index (χ1) is 11.9. The SMILES string of the molecule is COc1cccc(CSCC(=O)Nc2ccc(OC(F)(F)F)cc2)c1. The summed E-state index contributed by atoms with van der Waals surface area (Å²) in [6.45, 7) is 0. The summed E-state index contributed by atoms with van der Waals surface area (Å²) in [5, 5.41) is 2.62. The highest BCUT2D eigenvalue weighted by Crippen LogP contribution is 2.24. The number of amides is 1. The first-order valence-electron chi connectivity index (χ1n) is 7.22. The van der Waals surface area contributed by atoms with E-state index in [0.29, 0.717) is 11.4 Å². The zero-order valence-electron chi connectivity index (χ0n) is 13.3. The number of hydrogen-bond acceptors (Lipinski definition) is 4. The highest BCUT2D eigenvalue weighted by molar-refractivity contribution is 7.99. The Hall–Kier alpha value is -2.35. The zero-order chi connectivity index (χ0) is 18.3. The third-order valence-electron chi connectivity index (χ3n) is 3.01. The minimum atomic E-state index is -4.73. The van der Waals surface area contributed by atoms with Gasteiger partial charge in [-0.1, -0.05) is 12.1 Å². The highest BCUT2D eigenvalue weighted by atomic mass is 32.2. The molecule has 1 N–H and O–H groups in total. The average Bonchev–Trinajstić information content (AvgIpc) is 2.55. The van der Waals surface area contributed by atoms with Crippen LogP contribution in [0.25, 0.3) is 0 Å². The van der Waals surface area contributed by atoms with Crippen molar-refractivity contribution in [3.05, 3.63) is 54.1 Å². The second kappa shape index (κ2) is 8.66. The molecule has 8 heteroatoms. The minimum absolute atomic E-state index is 0.220. The second-order valence-corrected chi connectivity index (χ2v) is 5.95. The maximum absolute atomic E-state index is 12.1. The number of carbonyl (C=O) groups excluding carboxylic acids is 1. The van der Waals surface area contributed by atoms with Crippen LogP contribution in [0.5, 0.6) is 11.5 Å². The number of carbonyl (C=O) groups is 1. The number of thioether (sulfide) groups is 1. The summed E-state index contributed by atoms with van der Waals surface area (Å²) >= 11 is 1.42. The van der Waals surface area contributed by atoms with E-state index in [1.807, 2.05) is 24.3 Å². The maximum Gasteiger partial charge on any atom is 0.573 e. The van der Waals surface area contributed by atoms with Crippen LogP contribution in [0.4, 0.5) is 18.9 Å². The van der Waals surface area contributed by atoms with Gasteiger partial charge in [-0.3, -0.25) is 4.79 Å². The van der Waals surface area contributed by atoms with Gasteiger partial charge in [0.05, 0.1) is 12.9 Å². The van der Waals surface area contributed by atoms with E-state index >= 15 is 0 Å². The van der Waals surface area contributed by atoms with E-state index in [2.05, 4.69) is 10.1 Å². The van der Waals surface area contributed by atoms with Crippen molar-refractivity contribution in [3.8, 4) is 11.5 Å². The number of nitrogens with one attached hydrogen (secondary N) is 1. The molecule has 0 aliphatic carbocycles.